The van der Waals surface area contributed by atoms with Crippen molar-refractivity contribution in [2.24, 2.45) is 5.92 Å². The number of piperidine rings is 1. The van der Waals surface area contributed by atoms with Gasteiger partial charge in [0.2, 0.25) is 5.91 Å². The number of rotatable bonds is 3. The van der Waals surface area contributed by atoms with Gasteiger partial charge in [0.1, 0.15) is 6.54 Å². The molecule has 0 saturated carbocycles. The van der Waals surface area contributed by atoms with Gasteiger partial charge in [-0.15, -0.1) is 0 Å². The van der Waals surface area contributed by atoms with Crippen LogP contribution in [0.4, 0.5) is 13.2 Å². The molecule has 1 aliphatic heterocycles. The van der Waals surface area contributed by atoms with E-state index in [9.17, 15) is 22.8 Å². The maximum absolute atomic E-state index is 12.7. The lowest BCUT2D eigenvalue weighted by molar-refractivity contribution is -0.141. The molecule has 0 bridgehead atoms. The van der Waals surface area contributed by atoms with Gasteiger partial charge in [-0.2, -0.15) is 13.2 Å². The van der Waals surface area contributed by atoms with Crippen LogP contribution < -0.4 is 5.32 Å². The van der Waals surface area contributed by atoms with E-state index in [0.717, 1.165) is 10.8 Å². The highest BCUT2D eigenvalue weighted by Gasteiger charge is 2.32. The SMILES string of the molecule is O=C(NCC(F)(F)F)C1CCN(C(=O)c2ccc3ccccc3c2)CC1. The van der Waals surface area contributed by atoms with Crippen molar-refractivity contribution in [1.29, 1.82) is 0 Å². The van der Waals surface area contributed by atoms with Crippen LogP contribution in [-0.2, 0) is 4.79 Å². The minimum atomic E-state index is -4.41. The first kappa shape index (κ1) is 18.2. The van der Waals surface area contributed by atoms with Crippen LogP contribution in [-0.4, -0.2) is 42.5 Å². The Labute approximate surface area is 149 Å². The number of nitrogens with zero attached hydrogens (tertiary/aromatic N) is 1. The fraction of sp³-hybridized carbons (Fsp3) is 0.368. The Morgan fingerprint density at radius 1 is 1.04 bits per heavy atom. The van der Waals surface area contributed by atoms with Crippen molar-refractivity contribution < 1.29 is 22.8 Å². The van der Waals surface area contributed by atoms with Crippen molar-refractivity contribution in [2.45, 2.75) is 19.0 Å². The number of carbonyl (C=O) groups is 2. The lowest BCUT2D eigenvalue weighted by Crippen LogP contribution is -2.44. The third kappa shape index (κ3) is 4.33. The first-order chi connectivity index (χ1) is 12.3. The minimum Gasteiger partial charge on any atom is -0.347 e. The van der Waals surface area contributed by atoms with Crippen LogP contribution in [0.1, 0.15) is 23.2 Å². The molecule has 138 valence electrons. The predicted octanol–water partition coefficient (Wildman–Crippen LogP) is 3.37. The normalized spacial score (nSPS) is 15.9. The summed E-state index contributed by atoms with van der Waals surface area (Å²) < 4.78 is 36.5. The predicted molar refractivity (Wildman–Crippen MR) is 91.6 cm³/mol. The Balaban J connectivity index is 1.58. The van der Waals surface area contributed by atoms with Crippen molar-refractivity contribution in [2.75, 3.05) is 19.6 Å². The van der Waals surface area contributed by atoms with Crippen molar-refractivity contribution in [3.05, 3.63) is 48.0 Å². The monoisotopic (exact) mass is 364 g/mol. The second-order valence-electron chi connectivity index (χ2n) is 6.46. The van der Waals surface area contributed by atoms with Gasteiger partial charge >= 0.3 is 6.18 Å². The maximum Gasteiger partial charge on any atom is 0.405 e. The highest BCUT2D eigenvalue weighted by Crippen LogP contribution is 2.22. The molecule has 1 heterocycles. The van der Waals surface area contributed by atoms with Gasteiger partial charge in [0, 0.05) is 24.6 Å². The van der Waals surface area contributed by atoms with E-state index >= 15 is 0 Å². The summed E-state index contributed by atoms with van der Waals surface area (Å²) in [4.78, 5) is 26.1. The zero-order chi connectivity index (χ0) is 18.7. The Morgan fingerprint density at radius 3 is 2.35 bits per heavy atom. The molecule has 4 nitrogen and oxygen atoms in total. The van der Waals surface area contributed by atoms with Crippen molar-refractivity contribution in [1.82, 2.24) is 10.2 Å². The Hall–Kier alpha value is -2.57. The lowest BCUT2D eigenvalue weighted by atomic mass is 9.95. The van der Waals surface area contributed by atoms with E-state index in [1.165, 1.54) is 0 Å². The van der Waals surface area contributed by atoms with E-state index in [2.05, 4.69) is 0 Å². The number of fused-ring (bicyclic) bond motifs is 1. The van der Waals surface area contributed by atoms with Crippen LogP contribution in [0.25, 0.3) is 10.8 Å². The fourth-order valence-corrected chi connectivity index (χ4v) is 3.18. The van der Waals surface area contributed by atoms with Crippen LogP contribution in [0.2, 0.25) is 0 Å². The molecule has 0 aliphatic carbocycles. The number of benzene rings is 2. The van der Waals surface area contributed by atoms with Gasteiger partial charge in [-0.1, -0.05) is 30.3 Å². The zero-order valence-corrected chi connectivity index (χ0v) is 14.1. The first-order valence-electron chi connectivity index (χ1n) is 8.46. The fourth-order valence-electron chi connectivity index (χ4n) is 3.18. The summed E-state index contributed by atoms with van der Waals surface area (Å²) in [6.07, 6.45) is -3.69. The molecular weight excluding hydrogens is 345 g/mol. The molecule has 1 saturated heterocycles. The molecule has 0 aromatic heterocycles. The highest BCUT2D eigenvalue weighted by molar-refractivity contribution is 5.98. The van der Waals surface area contributed by atoms with Crippen LogP contribution in [0.3, 0.4) is 0 Å². The molecule has 0 radical (unpaired) electrons. The van der Waals surface area contributed by atoms with Gasteiger partial charge < -0.3 is 10.2 Å². The second kappa shape index (κ2) is 7.35. The standard InChI is InChI=1S/C19H19F3N2O2/c20-19(21,22)12-23-17(25)14-7-9-24(10-8-14)18(26)16-6-5-13-3-1-2-4-15(13)11-16/h1-6,11,14H,7-10,12H2,(H,23,25). The number of nitrogens with one attached hydrogen (secondary N) is 1. The van der Waals surface area contributed by atoms with Crippen molar-refractivity contribution in [3.63, 3.8) is 0 Å². The maximum atomic E-state index is 12.7. The first-order valence-corrected chi connectivity index (χ1v) is 8.46. The van der Waals surface area contributed by atoms with E-state index in [1.807, 2.05) is 41.7 Å². The van der Waals surface area contributed by atoms with Gasteiger partial charge in [-0.3, -0.25) is 9.59 Å². The van der Waals surface area contributed by atoms with E-state index in [4.69, 9.17) is 0 Å². The third-order valence-corrected chi connectivity index (χ3v) is 4.61. The van der Waals surface area contributed by atoms with Crippen LogP contribution >= 0.6 is 0 Å². The van der Waals surface area contributed by atoms with Gasteiger partial charge in [-0.05, 0) is 35.7 Å². The summed E-state index contributed by atoms with van der Waals surface area (Å²) in [5.41, 5.74) is 0.573. The summed E-state index contributed by atoms with van der Waals surface area (Å²) in [6, 6.07) is 13.2. The molecule has 2 aromatic rings. The van der Waals surface area contributed by atoms with Gasteiger partial charge in [0.25, 0.3) is 5.91 Å². The van der Waals surface area contributed by atoms with Crippen LogP contribution in [0.15, 0.2) is 42.5 Å². The summed E-state index contributed by atoms with van der Waals surface area (Å²) in [5.74, 6) is -1.21. The molecule has 1 aliphatic rings. The second-order valence-corrected chi connectivity index (χ2v) is 6.46. The number of carbonyl (C=O) groups excluding carboxylic acids is 2. The highest BCUT2D eigenvalue weighted by atomic mass is 19.4. The lowest BCUT2D eigenvalue weighted by Gasteiger charge is -2.31. The van der Waals surface area contributed by atoms with E-state index in [1.54, 1.807) is 11.0 Å². The summed E-state index contributed by atoms with van der Waals surface area (Å²) >= 11 is 0. The van der Waals surface area contributed by atoms with Crippen LogP contribution in [0, 0.1) is 5.92 Å². The van der Waals surface area contributed by atoms with Gasteiger partial charge in [0.15, 0.2) is 0 Å². The molecule has 26 heavy (non-hydrogen) atoms. The number of alkyl halides is 3. The number of amides is 2. The molecule has 0 unspecified atom stereocenters. The van der Waals surface area contributed by atoms with E-state index in [0.29, 0.717) is 31.5 Å². The quantitative estimate of drug-likeness (QED) is 0.908. The average molecular weight is 364 g/mol. The molecule has 0 spiro atoms. The van der Waals surface area contributed by atoms with Crippen molar-refractivity contribution in [3.8, 4) is 0 Å². The number of halogens is 3. The topological polar surface area (TPSA) is 49.4 Å². The van der Waals surface area contributed by atoms with Gasteiger partial charge in [-0.25, -0.2) is 0 Å². The Bertz CT molecular complexity index is 812. The third-order valence-electron chi connectivity index (χ3n) is 4.61. The molecule has 1 N–H and O–H groups in total. The molecule has 1 fully saturated rings. The molecule has 2 aromatic carbocycles. The minimum absolute atomic E-state index is 0.120. The number of hydrogen-bond acceptors (Lipinski definition) is 2. The number of hydrogen-bond donors (Lipinski definition) is 1. The molecule has 2 amide bonds. The van der Waals surface area contributed by atoms with E-state index in [-0.39, 0.29) is 5.91 Å². The molecule has 7 heteroatoms. The molecular formula is C19H19F3N2O2. The van der Waals surface area contributed by atoms with E-state index < -0.39 is 24.5 Å². The molecule has 0 atom stereocenters. The average Bonchev–Trinajstić information content (AvgIpc) is 2.64. The van der Waals surface area contributed by atoms with Crippen LogP contribution in [0.5, 0.6) is 0 Å². The smallest absolute Gasteiger partial charge is 0.347 e. The van der Waals surface area contributed by atoms with Crippen molar-refractivity contribution >= 4 is 22.6 Å². The summed E-state index contributed by atoms with van der Waals surface area (Å²) in [6.45, 7) is -0.604. The Kier molecular flexibility index (Phi) is 5.15. The zero-order valence-electron chi connectivity index (χ0n) is 14.1. The largest absolute Gasteiger partial charge is 0.405 e. The van der Waals surface area contributed by atoms with Gasteiger partial charge in [0.05, 0.1) is 0 Å². The summed E-state index contributed by atoms with van der Waals surface area (Å²) in [7, 11) is 0. The number of likely N-dealkylation sites (tertiary alicyclic amines) is 1. The Morgan fingerprint density at radius 2 is 1.69 bits per heavy atom. The molecule has 3 rings (SSSR count). The summed E-state index contributed by atoms with van der Waals surface area (Å²) in [5, 5.41) is 3.94.